The largest absolute Gasteiger partial charge is 0.317 e. The molecule has 5 nitrogen and oxygen atoms in total. The van der Waals surface area contributed by atoms with E-state index in [1.807, 2.05) is 41.8 Å². The Labute approximate surface area is 156 Å². The Morgan fingerprint density at radius 1 is 1.08 bits per heavy atom. The van der Waals surface area contributed by atoms with Crippen LogP contribution < -0.4 is 4.80 Å². The van der Waals surface area contributed by atoms with E-state index in [2.05, 4.69) is 4.99 Å². The van der Waals surface area contributed by atoms with Crippen LogP contribution in [0.5, 0.6) is 0 Å². The van der Waals surface area contributed by atoms with Crippen molar-refractivity contribution in [1.29, 1.82) is 0 Å². The van der Waals surface area contributed by atoms with Gasteiger partial charge in [0.15, 0.2) is 14.6 Å². The van der Waals surface area contributed by atoms with Gasteiger partial charge in [-0.05, 0) is 24.6 Å². The number of carbonyl (C=O) groups excluding carboxylic acids is 1. The van der Waals surface area contributed by atoms with E-state index in [1.54, 1.807) is 24.3 Å². The molecular weight excluding hydrogens is 368 g/mol. The molecule has 3 rings (SSSR count). The Balaban J connectivity index is 1.74. The van der Waals surface area contributed by atoms with E-state index in [4.69, 9.17) is 0 Å². The van der Waals surface area contributed by atoms with Crippen molar-refractivity contribution in [3.8, 4) is 0 Å². The lowest BCUT2D eigenvalue weighted by Crippen LogP contribution is -2.18. The zero-order valence-corrected chi connectivity index (χ0v) is 16.1. The summed E-state index contributed by atoms with van der Waals surface area (Å²) in [4.78, 5) is 17.0. The molecule has 1 heterocycles. The zero-order chi connectivity index (χ0) is 18.6. The van der Waals surface area contributed by atoms with Gasteiger partial charge in [-0.15, -0.1) is 0 Å². The topological polar surface area (TPSA) is 68.5 Å². The third-order valence-electron chi connectivity index (χ3n) is 3.98. The molecule has 2 aromatic carbocycles. The number of para-hydroxylation sites is 1. The lowest BCUT2D eigenvalue weighted by atomic mass is 10.2. The van der Waals surface area contributed by atoms with E-state index in [0.29, 0.717) is 11.3 Å². The van der Waals surface area contributed by atoms with E-state index in [1.165, 1.54) is 11.3 Å². The van der Waals surface area contributed by atoms with Crippen molar-refractivity contribution in [3.63, 3.8) is 0 Å². The number of benzene rings is 2. The van der Waals surface area contributed by atoms with Crippen molar-refractivity contribution in [2.45, 2.75) is 25.6 Å². The van der Waals surface area contributed by atoms with Crippen LogP contribution in [0.4, 0.5) is 0 Å². The molecule has 0 atom stereocenters. The van der Waals surface area contributed by atoms with Gasteiger partial charge in [0, 0.05) is 13.0 Å². The van der Waals surface area contributed by atoms with Crippen LogP contribution in [0.15, 0.2) is 59.6 Å². The summed E-state index contributed by atoms with van der Waals surface area (Å²) >= 11 is 1.44. The van der Waals surface area contributed by atoms with Crippen LogP contribution in [0.3, 0.4) is 0 Å². The Hall–Kier alpha value is -2.25. The molecule has 3 aromatic rings. The molecule has 0 saturated heterocycles. The van der Waals surface area contributed by atoms with Crippen molar-refractivity contribution < 1.29 is 13.2 Å². The molecule has 0 spiro atoms. The van der Waals surface area contributed by atoms with Gasteiger partial charge in [0.1, 0.15) is 0 Å². The van der Waals surface area contributed by atoms with Crippen LogP contribution in [0.1, 0.15) is 18.9 Å². The Morgan fingerprint density at radius 2 is 1.77 bits per heavy atom. The normalized spacial score (nSPS) is 12.6. The van der Waals surface area contributed by atoms with Gasteiger partial charge in [-0.2, -0.15) is 4.99 Å². The second-order valence-electron chi connectivity index (χ2n) is 5.93. The SMILES string of the molecule is CCn1c(=NC(=O)CCS(=O)(=O)Cc2ccccc2)sc2ccccc21. The van der Waals surface area contributed by atoms with E-state index < -0.39 is 15.7 Å². The Morgan fingerprint density at radius 3 is 2.50 bits per heavy atom. The second-order valence-corrected chi connectivity index (χ2v) is 9.12. The molecule has 0 aliphatic rings. The van der Waals surface area contributed by atoms with Crippen molar-refractivity contribution in [2.24, 2.45) is 4.99 Å². The van der Waals surface area contributed by atoms with Crippen molar-refractivity contribution in [2.75, 3.05) is 5.75 Å². The predicted octanol–water partition coefficient (Wildman–Crippen LogP) is 3.16. The summed E-state index contributed by atoms with van der Waals surface area (Å²) in [6.45, 7) is 2.69. The summed E-state index contributed by atoms with van der Waals surface area (Å²) in [5.41, 5.74) is 1.76. The number of amides is 1. The summed E-state index contributed by atoms with van der Waals surface area (Å²) in [6.07, 6.45) is -0.104. The summed E-state index contributed by atoms with van der Waals surface area (Å²) in [5.74, 6) is -0.657. The fraction of sp³-hybridized carbons (Fsp3) is 0.263. The van der Waals surface area contributed by atoms with E-state index in [0.717, 1.165) is 15.8 Å². The third-order valence-corrected chi connectivity index (χ3v) is 6.64. The fourth-order valence-electron chi connectivity index (χ4n) is 2.72. The fourth-order valence-corrected chi connectivity index (χ4v) is 5.16. The first kappa shape index (κ1) is 18.5. The van der Waals surface area contributed by atoms with Gasteiger partial charge in [-0.3, -0.25) is 4.79 Å². The highest BCUT2D eigenvalue weighted by atomic mass is 32.2. The molecular formula is C19H20N2O3S2. The molecule has 0 aliphatic carbocycles. The minimum absolute atomic E-state index is 0.0566. The third kappa shape index (κ3) is 4.47. The van der Waals surface area contributed by atoms with Gasteiger partial charge in [0.2, 0.25) is 5.91 Å². The quantitative estimate of drug-likeness (QED) is 0.651. The molecule has 26 heavy (non-hydrogen) atoms. The van der Waals surface area contributed by atoms with Gasteiger partial charge in [0.25, 0.3) is 0 Å². The molecule has 1 aromatic heterocycles. The van der Waals surface area contributed by atoms with Crippen molar-refractivity contribution in [3.05, 3.63) is 65.0 Å². The molecule has 0 N–H and O–H groups in total. The van der Waals surface area contributed by atoms with Crippen LogP contribution in [-0.2, 0) is 26.9 Å². The lowest BCUT2D eigenvalue weighted by Gasteiger charge is -2.03. The minimum atomic E-state index is -3.35. The highest BCUT2D eigenvalue weighted by molar-refractivity contribution is 7.90. The first-order valence-electron chi connectivity index (χ1n) is 8.39. The molecule has 0 bridgehead atoms. The number of aryl methyl sites for hydroxylation is 1. The average molecular weight is 389 g/mol. The molecule has 7 heteroatoms. The summed E-state index contributed by atoms with van der Waals surface area (Å²) < 4.78 is 27.5. The van der Waals surface area contributed by atoms with E-state index >= 15 is 0 Å². The predicted molar refractivity (Wildman–Crippen MR) is 105 cm³/mol. The molecule has 0 fully saturated rings. The number of sulfone groups is 1. The van der Waals surface area contributed by atoms with Gasteiger partial charge in [-0.25, -0.2) is 8.42 Å². The Kier molecular flexibility index (Phi) is 5.68. The lowest BCUT2D eigenvalue weighted by molar-refractivity contribution is -0.117. The molecule has 0 aliphatic heterocycles. The number of thiazole rings is 1. The molecule has 0 radical (unpaired) electrons. The Bertz CT molecular complexity index is 1080. The standard InChI is InChI=1S/C19H20N2O3S2/c1-2-21-16-10-6-7-11-17(16)25-19(21)20-18(22)12-13-26(23,24)14-15-8-4-3-5-9-15/h3-11H,2,12-14H2,1H3. The molecule has 136 valence electrons. The van der Waals surface area contributed by atoms with Crippen LogP contribution in [0.25, 0.3) is 10.2 Å². The van der Waals surface area contributed by atoms with E-state index in [-0.39, 0.29) is 17.9 Å². The van der Waals surface area contributed by atoms with Gasteiger partial charge < -0.3 is 4.57 Å². The maximum absolute atomic E-state index is 12.2. The average Bonchev–Trinajstić information content (AvgIpc) is 2.97. The number of aromatic nitrogens is 1. The monoisotopic (exact) mass is 388 g/mol. The van der Waals surface area contributed by atoms with Crippen LogP contribution >= 0.6 is 11.3 Å². The highest BCUT2D eigenvalue weighted by Gasteiger charge is 2.15. The number of rotatable bonds is 6. The maximum Gasteiger partial charge on any atom is 0.249 e. The number of nitrogens with zero attached hydrogens (tertiary/aromatic N) is 2. The first-order chi connectivity index (χ1) is 12.5. The molecule has 0 unspecified atom stereocenters. The number of hydrogen-bond donors (Lipinski definition) is 0. The van der Waals surface area contributed by atoms with Crippen LogP contribution in [0, 0.1) is 0 Å². The zero-order valence-electron chi connectivity index (χ0n) is 14.5. The second kappa shape index (κ2) is 7.97. The number of fused-ring (bicyclic) bond motifs is 1. The summed E-state index contributed by atoms with van der Waals surface area (Å²) in [5, 5.41) is 0. The van der Waals surface area contributed by atoms with Gasteiger partial charge >= 0.3 is 0 Å². The van der Waals surface area contributed by atoms with Crippen molar-refractivity contribution in [1.82, 2.24) is 4.57 Å². The highest BCUT2D eigenvalue weighted by Crippen LogP contribution is 2.16. The summed E-state index contributed by atoms with van der Waals surface area (Å²) in [7, 11) is -3.35. The smallest absolute Gasteiger partial charge is 0.249 e. The first-order valence-corrected chi connectivity index (χ1v) is 11.0. The van der Waals surface area contributed by atoms with Crippen molar-refractivity contribution >= 4 is 37.3 Å². The van der Waals surface area contributed by atoms with Gasteiger partial charge in [0.05, 0.1) is 21.7 Å². The molecule has 1 amide bonds. The molecule has 0 saturated carbocycles. The number of hydrogen-bond acceptors (Lipinski definition) is 4. The van der Waals surface area contributed by atoms with Crippen LogP contribution in [0.2, 0.25) is 0 Å². The maximum atomic E-state index is 12.2. The van der Waals surface area contributed by atoms with Gasteiger partial charge in [-0.1, -0.05) is 53.8 Å². The number of carbonyl (C=O) groups is 1. The van der Waals surface area contributed by atoms with Crippen LogP contribution in [-0.4, -0.2) is 24.6 Å². The minimum Gasteiger partial charge on any atom is -0.317 e. The van der Waals surface area contributed by atoms with E-state index in [9.17, 15) is 13.2 Å². The summed E-state index contributed by atoms with van der Waals surface area (Å²) in [6, 6.07) is 16.8.